The van der Waals surface area contributed by atoms with Crippen LogP contribution in [0, 0.1) is 11.8 Å². The van der Waals surface area contributed by atoms with Gasteiger partial charge in [0.05, 0.1) is 26.4 Å². The Morgan fingerprint density at radius 1 is 0.369 bits per heavy atom. The van der Waals surface area contributed by atoms with Gasteiger partial charge in [-0.1, -0.05) is 246 Å². The average molecular weight is 1240 g/mol. The van der Waals surface area contributed by atoms with Crippen molar-refractivity contribution in [3.63, 3.8) is 0 Å². The van der Waals surface area contributed by atoms with E-state index in [0.29, 0.717) is 31.6 Å². The standard InChI is InChI=1S/C65H122O17P2/c1-7-9-11-13-15-17-18-19-20-21-22-25-30-37-43-49-64(69)81-60(53-76-63(68)48-42-36-29-26-23-24-27-33-39-45-57(3)4)55-79-83(71,72)77-51-59(66)52-78-84(73,74)80-56-61(54-75-62(67)47-41-35-28-16-14-12-10-8-2)82-65(70)50-44-38-32-31-34-40-46-58(5)6/h17-20,57-61,66H,7-16,21-56H2,1-6H3,(H,71,72)(H,73,74)/b18-17-,20-19-/t59-,60-,61-/m1/s1. The maximum absolute atomic E-state index is 13.0. The molecule has 0 aromatic heterocycles. The van der Waals surface area contributed by atoms with E-state index in [1.54, 1.807) is 0 Å². The van der Waals surface area contributed by atoms with Gasteiger partial charge >= 0.3 is 39.5 Å². The highest BCUT2D eigenvalue weighted by atomic mass is 31.2. The predicted molar refractivity (Wildman–Crippen MR) is 335 cm³/mol. The van der Waals surface area contributed by atoms with Crippen LogP contribution in [-0.4, -0.2) is 96.7 Å². The molecule has 0 fully saturated rings. The number of aliphatic hydroxyl groups excluding tert-OH is 1. The van der Waals surface area contributed by atoms with Crippen LogP contribution in [0.2, 0.25) is 0 Å². The van der Waals surface area contributed by atoms with Gasteiger partial charge in [-0.05, 0) is 63.2 Å². The van der Waals surface area contributed by atoms with Gasteiger partial charge in [0.1, 0.15) is 19.3 Å². The number of esters is 4. The molecule has 0 bridgehead atoms. The van der Waals surface area contributed by atoms with Crippen molar-refractivity contribution in [1.29, 1.82) is 0 Å². The summed E-state index contributed by atoms with van der Waals surface area (Å²) >= 11 is 0. The third-order valence-corrected chi connectivity index (χ3v) is 16.2. The Bertz CT molecular complexity index is 1740. The molecule has 494 valence electrons. The highest BCUT2D eigenvalue weighted by molar-refractivity contribution is 7.47. The fourth-order valence-electron chi connectivity index (χ4n) is 9.17. The maximum Gasteiger partial charge on any atom is 0.472 e. The highest BCUT2D eigenvalue weighted by Crippen LogP contribution is 2.45. The Labute approximate surface area is 510 Å². The summed E-state index contributed by atoms with van der Waals surface area (Å²) < 4.78 is 67.9. The third-order valence-electron chi connectivity index (χ3n) is 14.3. The molecule has 0 radical (unpaired) electrons. The molecular weight excluding hydrogens is 1110 g/mol. The van der Waals surface area contributed by atoms with E-state index in [-0.39, 0.29) is 25.7 Å². The maximum atomic E-state index is 13.0. The number of hydrogen-bond donors (Lipinski definition) is 3. The van der Waals surface area contributed by atoms with Crippen LogP contribution in [0.25, 0.3) is 0 Å². The minimum atomic E-state index is -4.95. The van der Waals surface area contributed by atoms with Crippen molar-refractivity contribution in [3.8, 4) is 0 Å². The first-order valence-electron chi connectivity index (χ1n) is 33.3. The number of ether oxygens (including phenoxy) is 4. The molecule has 0 saturated heterocycles. The largest absolute Gasteiger partial charge is 0.472 e. The fourth-order valence-corrected chi connectivity index (χ4v) is 10.7. The summed E-state index contributed by atoms with van der Waals surface area (Å²) in [5.74, 6) is -0.761. The second kappa shape index (κ2) is 57.0. The van der Waals surface area contributed by atoms with Gasteiger partial charge < -0.3 is 33.8 Å². The molecule has 0 rings (SSSR count). The van der Waals surface area contributed by atoms with Crippen LogP contribution in [0.1, 0.15) is 298 Å². The molecule has 0 heterocycles. The smallest absolute Gasteiger partial charge is 0.462 e. The minimum Gasteiger partial charge on any atom is -0.462 e. The molecule has 0 aromatic carbocycles. The topological polar surface area (TPSA) is 237 Å². The third kappa shape index (κ3) is 58.6. The lowest BCUT2D eigenvalue weighted by Crippen LogP contribution is -2.30. The summed E-state index contributed by atoms with van der Waals surface area (Å²) in [6.45, 7) is 9.29. The van der Waals surface area contributed by atoms with Crippen LogP contribution in [0.15, 0.2) is 24.3 Å². The SMILES string of the molecule is CCCCCC/C=C\C=C/CCCCCCCC(=O)O[C@H](COC(=O)CCCCCCCCCCCC(C)C)COP(=O)(O)OC[C@@H](O)COP(=O)(O)OC[C@@H](COC(=O)CCCCCCCCCC)OC(=O)CCCCCCCCC(C)C. The molecule has 84 heavy (non-hydrogen) atoms. The monoisotopic (exact) mass is 1240 g/mol. The Hall–Kier alpha value is -2.46. The van der Waals surface area contributed by atoms with Crippen LogP contribution in [0.3, 0.4) is 0 Å². The van der Waals surface area contributed by atoms with Crippen LogP contribution in [-0.2, 0) is 65.4 Å². The van der Waals surface area contributed by atoms with Crippen LogP contribution < -0.4 is 0 Å². The number of carbonyl (C=O) groups is 4. The van der Waals surface area contributed by atoms with E-state index in [0.717, 1.165) is 115 Å². The zero-order valence-electron chi connectivity index (χ0n) is 53.7. The van der Waals surface area contributed by atoms with E-state index < -0.39 is 97.5 Å². The molecule has 0 aromatic rings. The quantitative estimate of drug-likeness (QED) is 0.0169. The molecule has 5 atom stereocenters. The van der Waals surface area contributed by atoms with E-state index in [4.69, 9.17) is 37.0 Å². The molecule has 3 N–H and O–H groups in total. The summed E-state index contributed by atoms with van der Waals surface area (Å²) in [6.07, 6.45) is 42.8. The Balaban J connectivity index is 5.26. The molecule has 19 heteroatoms. The zero-order chi connectivity index (χ0) is 62.2. The summed E-state index contributed by atoms with van der Waals surface area (Å²) in [5, 5.41) is 10.5. The van der Waals surface area contributed by atoms with Gasteiger partial charge in [0.25, 0.3) is 0 Å². The number of phosphoric ester groups is 2. The number of carbonyl (C=O) groups excluding carboxylic acids is 4. The van der Waals surface area contributed by atoms with Gasteiger partial charge in [0, 0.05) is 25.7 Å². The van der Waals surface area contributed by atoms with Crippen molar-refractivity contribution in [1.82, 2.24) is 0 Å². The molecule has 0 aliphatic carbocycles. The van der Waals surface area contributed by atoms with E-state index in [1.807, 2.05) is 0 Å². The molecule has 0 aliphatic heterocycles. The lowest BCUT2D eigenvalue weighted by Gasteiger charge is -2.21. The first-order chi connectivity index (χ1) is 40.4. The number of aliphatic hydroxyl groups is 1. The number of phosphoric acid groups is 2. The van der Waals surface area contributed by atoms with Crippen molar-refractivity contribution in [3.05, 3.63) is 24.3 Å². The van der Waals surface area contributed by atoms with E-state index in [2.05, 4.69) is 65.8 Å². The van der Waals surface area contributed by atoms with Crippen LogP contribution in [0.5, 0.6) is 0 Å². The summed E-state index contributed by atoms with van der Waals surface area (Å²) in [7, 11) is -9.90. The Morgan fingerprint density at radius 3 is 0.976 bits per heavy atom. The molecule has 0 amide bonds. The van der Waals surface area contributed by atoms with Gasteiger partial charge in [-0.15, -0.1) is 0 Å². The first kappa shape index (κ1) is 81.5. The molecule has 2 unspecified atom stereocenters. The van der Waals surface area contributed by atoms with Crippen LogP contribution >= 0.6 is 15.6 Å². The van der Waals surface area contributed by atoms with E-state index in [1.165, 1.54) is 96.3 Å². The van der Waals surface area contributed by atoms with Crippen molar-refractivity contribution >= 4 is 39.5 Å². The lowest BCUT2D eigenvalue weighted by molar-refractivity contribution is -0.161. The minimum absolute atomic E-state index is 0.0842. The second-order valence-electron chi connectivity index (χ2n) is 23.8. The average Bonchev–Trinajstić information content (AvgIpc) is 3.56. The second-order valence-corrected chi connectivity index (χ2v) is 26.7. The number of unbranched alkanes of at least 4 members (excludes halogenated alkanes) is 29. The number of allylic oxidation sites excluding steroid dienone is 4. The van der Waals surface area contributed by atoms with Crippen molar-refractivity contribution in [2.75, 3.05) is 39.6 Å². The summed E-state index contributed by atoms with van der Waals surface area (Å²) in [6, 6.07) is 0. The van der Waals surface area contributed by atoms with Crippen LogP contribution in [0.4, 0.5) is 0 Å². The molecule has 17 nitrogen and oxygen atoms in total. The molecule has 0 saturated carbocycles. The van der Waals surface area contributed by atoms with Gasteiger partial charge in [0.15, 0.2) is 12.2 Å². The predicted octanol–water partition coefficient (Wildman–Crippen LogP) is 17.6. The number of hydrogen-bond acceptors (Lipinski definition) is 15. The molecular formula is C65H122O17P2. The van der Waals surface area contributed by atoms with Crippen molar-refractivity contribution in [2.24, 2.45) is 11.8 Å². The lowest BCUT2D eigenvalue weighted by atomic mass is 10.0. The van der Waals surface area contributed by atoms with E-state index >= 15 is 0 Å². The highest BCUT2D eigenvalue weighted by Gasteiger charge is 2.30. The number of rotatable bonds is 62. The fraction of sp³-hybridized carbons (Fsp3) is 0.877. The van der Waals surface area contributed by atoms with Gasteiger partial charge in [0.2, 0.25) is 0 Å². The Kier molecular flexibility index (Phi) is 55.3. The van der Waals surface area contributed by atoms with Crippen molar-refractivity contribution < 1.29 is 80.2 Å². The molecule has 0 spiro atoms. The molecule has 0 aliphatic rings. The van der Waals surface area contributed by atoms with Gasteiger partial charge in [-0.3, -0.25) is 37.3 Å². The van der Waals surface area contributed by atoms with Crippen molar-refractivity contribution in [2.45, 2.75) is 317 Å². The van der Waals surface area contributed by atoms with Gasteiger partial charge in [-0.2, -0.15) is 0 Å². The Morgan fingerprint density at radius 2 is 0.643 bits per heavy atom. The summed E-state index contributed by atoms with van der Waals surface area (Å²) in [5.41, 5.74) is 0. The first-order valence-corrected chi connectivity index (χ1v) is 36.3. The normalized spacial score (nSPS) is 14.5. The van der Waals surface area contributed by atoms with E-state index in [9.17, 15) is 43.2 Å². The van der Waals surface area contributed by atoms with Gasteiger partial charge in [-0.25, -0.2) is 9.13 Å². The summed E-state index contributed by atoms with van der Waals surface area (Å²) in [4.78, 5) is 72.1. The zero-order valence-corrected chi connectivity index (χ0v) is 55.5.